The molecule has 0 unspecified atom stereocenters. The molecule has 1 N–H and O–H groups in total. The van der Waals surface area contributed by atoms with Crippen LogP contribution in [-0.2, 0) is 14.1 Å². The van der Waals surface area contributed by atoms with E-state index < -0.39 is 0 Å². The molecular formula is C16H23N5O2. The van der Waals surface area contributed by atoms with E-state index in [0.29, 0.717) is 17.4 Å². The van der Waals surface area contributed by atoms with Gasteiger partial charge in [-0.2, -0.15) is 5.10 Å². The van der Waals surface area contributed by atoms with Crippen LogP contribution >= 0.6 is 0 Å². The predicted molar refractivity (Wildman–Crippen MR) is 87.1 cm³/mol. The van der Waals surface area contributed by atoms with Crippen molar-refractivity contribution in [3.8, 4) is 0 Å². The second-order valence-corrected chi connectivity index (χ2v) is 6.17. The Kier molecular flexibility index (Phi) is 4.98. The lowest BCUT2D eigenvalue weighted by atomic mass is 10.0. The fraction of sp³-hybridized carbons (Fsp3) is 0.500. The van der Waals surface area contributed by atoms with Crippen LogP contribution in [0.15, 0.2) is 23.3 Å². The Morgan fingerprint density at radius 1 is 1.30 bits per heavy atom. The minimum Gasteiger partial charge on any atom is -0.344 e. The lowest BCUT2D eigenvalue weighted by molar-refractivity contribution is 0.0919. The molecule has 0 saturated heterocycles. The summed E-state index contributed by atoms with van der Waals surface area (Å²) in [7, 11) is 3.56. The van der Waals surface area contributed by atoms with Crippen LogP contribution in [-0.4, -0.2) is 25.2 Å². The van der Waals surface area contributed by atoms with Crippen LogP contribution in [0.5, 0.6) is 0 Å². The molecule has 7 heteroatoms. The maximum atomic E-state index is 12.6. The lowest BCUT2D eigenvalue weighted by Crippen LogP contribution is -2.34. The first-order valence-electron chi connectivity index (χ1n) is 7.62. The quantitative estimate of drug-likeness (QED) is 0.902. The highest BCUT2D eigenvalue weighted by molar-refractivity contribution is 5.92. The normalized spacial score (nSPS) is 12.4. The summed E-state index contributed by atoms with van der Waals surface area (Å²) in [5.41, 5.74) is 0.900. The summed E-state index contributed by atoms with van der Waals surface area (Å²) in [6.07, 6.45) is 2.20. The molecule has 0 fully saturated rings. The summed E-state index contributed by atoms with van der Waals surface area (Å²) in [6, 6.07) is 2.60. The largest absolute Gasteiger partial charge is 0.344 e. The van der Waals surface area contributed by atoms with Crippen LogP contribution in [0, 0.1) is 12.8 Å². The van der Waals surface area contributed by atoms with Gasteiger partial charge in [0.25, 0.3) is 5.91 Å². The monoisotopic (exact) mass is 317 g/mol. The fourth-order valence-corrected chi connectivity index (χ4v) is 2.54. The summed E-state index contributed by atoms with van der Waals surface area (Å²) in [6.45, 7) is 5.96. The molecule has 1 atom stereocenters. The van der Waals surface area contributed by atoms with E-state index in [2.05, 4.69) is 29.2 Å². The van der Waals surface area contributed by atoms with Gasteiger partial charge in [0.05, 0.1) is 6.04 Å². The van der Waals surface area contributed by atoms with E-state index in [-0.39, 0.29) is 17.4 Å². The predicted octanol–water partition coefficient (Wildman–Crippen LogP) is 1.34. The Balaban J connectivity index is 2.32. The number of carbonyl (C=O) groups is 1. The van der Waals surface area contributed by atoms with Crippen molar-refractivity contribution in [3.63, 3.8) is 0 Å². The van der Waals surface area contributed by atoms with Crippen molar-refractivity contribution in [1.29, 1.82) is 0 Å². The maximum absolute atomic E-state index is 12.6. The molecule has 0 aromatic carbocycles. The van der Waals surface area contributed by atoms with Crippen LogP contribution in [0.4, 0.5) is 0 Å². The lowest BCUT2D eigenvalue weighted by Gasteiger charge is -2.21. The summed E-state index contributed by atoms with van der Waals surface area (Å²) in [5, 5.41) is 7.05. The second kappa shape index (κ2) is 6.76. The zero-order chi connectivity index (χ0) is 17.1. The van der Waals surface area contributed by atoms with E-state index in [1.54, 1.807) is 30.3 Å². The van der Waals surface area contributed by atoms with Gasteiger partial charge in [-0.05, 0) is 19.3 Å². The molecule has 124 valence electrons. The van der Waals surface area contributed by atoms with Gasteiger partial charge in [-0.15, -0.1) is 0 Å². The summed E-state index contributed by atoms with van der Waals surface area (Å²) < 4.78 is 3.36. The topological polar surface area (TPSA) is 81.8 Å². The minimum absolute atomic E-state index is 0.176. The number of nitrogens with zero attached hydrogens (tertiary/aromatic N) is 4. The molecule has 7 nitrogen and oxygen atoms in total. The summed E-state index contributed by atoms with van der Waals surface area (Å²) >= 11 is 0. The zero-order valence-electron chi connectivity index (χ0n) is 14.2. The first-order chi connectivity index (χ1) is 10.8. The molecule has 0 aliphatic heterocycles. The summed E-state index contributed by atoms with van der Waals surface area (Å²) in [5.74, 6) is 0.782. The van der Waals surface area contributed by atoms with Gasteiger partial charge in [0.1, 0.15) is 17.8 Å². The molecule has 0 spiro atoms. The molecule has 0 bridgehead atoms. The number of hydrogen-bond acceptors (Lipinski definition) is 4. The zero-order valence-corrected chi connectivity index (χ0v) is 14.2. The maximum Gasteiger partial charge on any atom is 0.268 e. The van der Waals surface area contributed by atoms with Crippen molar-refractivity contribution in [1.82, 2.24) is 24.6 Å². The number of carbonyl (C=O) groups excluding carboxylic acids is 1. The molecule has 23 heavy (non-hydrogen) atoms. The van der Waals surface area contributed by atoms with Gasteiger partial charge in [0.15, 0.2) is 5.43 Å². The fourth-order valence-electron chi connectivity index (χ4n) is 2.54. The molecule has 2 aromatic heterocycles. The standard InChI is InChI=1S/C16H23N5O2/c1-10(2)6-13(15-17-9-18-21(15)5)19-16(23)14-8-12(22)7-11(3)20(14)4/h7-10,13H,6H2,1-5H3,(H,19,23)/t13-/m1/s1. The van der Waals surface area contributed by atoms with Crippen LogP contribution < -0.4 is 10.7 Å². The van der Waals surface area contributed by atoms with Crippen molar-refractivity contribution in [2.24, 2.45) is 20.0 Å². The minimum atomic E-state index is -0.290. The highest BCUT2D eigenvalue weighted by Gasteiger charge is 2.22. The van der Waals surface area contributed by atoms with Gasteiger partial charge < -0.3 is 9.88 Å². The van der Waals surface area contributed by atoms with Gasteiger partial charge in [0.2, 0.25) is 0 Å². The molecule has 0 radical (unpaired) electrons. The van der Waals surface area contributed by atoms with Gasteiger partial charge in [-0.3, -0.25) is 14.3 Å². The van der Waals surface area contributed by atoms with Crippen molar-refractivity contribution < 1.29 is 4.79 Å². The van der Waals surface area contributed by atoms with Crippen LogP contribution in [0.25, 0.3) is 0 Å². The van der Waals surface area contributed by atoms with Crippen molar-refractivity contribution >= 4 is 5.91 Å². The number of pyridine rings is 1. The highest BCUT2D eigenvalue weighted by Crippen LogP contribution is 2.19. The number of aromatic nitrogens is 4. The van der Waals surface area contributed by atoms with Crippen LogP contribution in [0.2, 0.25) is 0 Å². The molecule has 2 aromatic rings. The molecule has 0 saturated carbocycles. The first-order valence-corrected chi connectivity index (χ1v) is 7.62. The SMILES string of the molecule is Cc1cc(=O)cc(C(=O)N[C@H](CC(C)C)c2ncnn2C)n1C. The molecule has 2 heterocycles. The third kappa shape index (κ3) is 3.85. The molecule has 1 amide bonds. The average Bonchev–Trinajstić information content (AvgIpc) is 2.87. The Labute approximate surface area is 135 Å². The third-order valence-electron chi connectivity index (χ3n) is 3.82. The smallest absolute Gasteiger partial charge is 0.268 e. The Morgan fingerprint density at radius 3 is 2.57 bits per heavy atom. The number of nitrogens with one attached hydrogen (secondary N) is 1. The van der Waals surface area contributed by atoms with E-state index in [1.807, 2.05) is 0 Å². The third-order valence-corrected chi connectivity index (χ3v) is 3.82. The number of rotatable bonds is 5. The van der Waals surface area contributed by atoms with Gasteiger partial charge in [0, 0.05) is 31.9 Å². The Bertz CT molecular complexity index is 760. The Morgan fingerprint density at radius 2 is 2.00 bits per heavy atom. The summed E-state index contributed by atoms with van der Waals surface area (Å²) in [4.78, 5) is 28.6. The van der Waals surface area contributed by atoms with Crippen molar-refractivity contribution in [2.45, 2.75) is 33.2 Å². The van der Waals surface area contributed by atoms with Gasteiger partial charge >= 0.3 is 0 Å². The number of hydrogen-bond donors (Lipinski definition) is 1. The first kappa shape index (κ1) is 16.9. The average molecular weight is 317 g/mol. The number of aryl methyl sites for hydroxylation is 2. The van der Waals surface area contributed by atoms with Crippen LogP contribution in [0.3, 0.4) is 0 Å². The molecule has 0 aliphatic rings. The van der Waals surface area contributed by atoms with Crippen LogP contribution in [0.1, 0.15) is 48.3 Å². The van der Waals surface area contributed by atoms with Gasteiger partial charge in [-0.1, -0.05) is 13.8 Å². The van der Waals surface area contributed by atoms with E-state index in [0.717, 1.165) is 12.1 Å². The number of amides is 1. The van der Waals surface area contributed by atoms with E-state index in [9.17, 15) is 9.59 Å². The van der Waals surface area contributed by atoms with Crippen molar-refractivity contribution in [2.75, 3.05) is 0 Å². The van der Waals surface area contributed by atoms with Crippen molar-refractivity contribution in [3.05, 3.63) is 45.9 Å². The molecular weight excluding hydrogens is 294 g/mol. The van der Waals surface area contributed by atoms with E-state index in [4.69, 9.17) is 0 Å². The van der Waals surface area contributed by atoms with E-state index in [1.165, 1.54) is 18.5 Å². The highest BCUT2D eigenvalue weighted by atomic mass is 16.2. The molecule has 2 rings (SSSR count). The molecule has 0 aliphatic carbocycles. The Hall–Kier alpha value is -2.44. The van der Waals surface area contributed by atoms with E-state index >= 15 is 0 Å². The van der Waals surface area contributed by atoms with Gasteiger partial charge in [-0.25, -0.2) is 4.98 Å². The second-order valence-electron chi connectivity index (χ2n) is 6.17.